The van der Waals surface area contributed by atoms with E-state index in [4.69, 9.17) is 9.15 Å². The first-order chi connectivity index (χ1) is 13.2. The molecule has 0 aliphatic rings. The Bertz CT molecular complexity index is 1090. The molecule has 4 rings (SSSR count). The minimum absolute atomic E-state index is 0.209. The van der Waals surface area contributed by atoms with Crippen molar-refractivity contribution in [3.63, 3.8) is 0 Å². The molecule has 5 nitrogen and oxygen atoms in total. The number of fused-ring (bicyclic) bond motifs is 1. The van der Waals surface area contributed by atoms with Crippen molar-refractivity contribution in [3.05, 3.63) is 89.8 Å². The van der Waals surface area contributed by atoms with Crippen molar-refractivity contribution in [1.29, 1.82) is 0 Å². The standard InChI is InChI=1S/C22H18N2O3/c1-15-23-20-13-18(10-11-21(20)27-15)24-22(25)17-8-5-9-19(12-17)26-14-16-6-3-2-4-7-16/h2-13H,14H2,1H3,(H,24,25). The number of carbonyl (C=O) groups is 1. The molecule has 5 heteroatoms. The van der Waals surface area contributed by atoms with Crippen molar-refractivity contribution in [2.45, 2.75) is 13.5 Å². The molecule has 3 aromatic carbocycles. The average Bonchev–Trinajstić information content (AvgIpc) is 3.07. The van der Waals surface area contributed by atoms with E-state index >= 15 is 0 Å². The summed E-state index contributed by atoms with van der Waals surface area (Å²) < 4.78 is 11.2. The molecule has 1 amide bonds. The lowest BCUT2D eigenvalue weighted by molar-refractivity contribution is 0.102. The second kappa shape index (κ2) is 7.33. The number of hydrogen-bond acceptors (Lipinski definition) is 4. The average molecular weight is 358 g/mol. The van der Waals surface area contributed by atoms with Gasteiger partial charge in [0.15, 0.2) is 11.5 Å². The summed E-state index contributed by atoms with van der Waals surface area (Å²) in [5.74, 6) is 1.03. The Balaban J connectivity index is 1.46. The highest BCUT2D eigenvalue weighted by Crippen LogP contribution is 2.21. The largest absolute Gasteiger partial charge is 0.489 e. The van der Waals surface area contributed by atoms with Gasteiger partial charge in [-0.15, -0.1) is 0 Å². The van der Waals surface area contributed by atoms with E-state index in [0.717, 1.165) is 5.56 Å². The van der Waals surface area contributed by atoms with Crippen LogP contribution in [-0.2, 0) is 6.61 Å². The maximum atomic E-state index is 12.6. The maximum Gasteiger partial charge on any atom is 0.255 e. The number of anilines is 1. The monoisotopic (exact) mass is 358 g/mol. The van der Waals surface area contributed by atoms with Gasteiger partial charge in [0.2, 0.25) is 0 Å². The topological polar surface area (TPSA) is 64.4 Å². The SMILES string of the molecule is Cc1nc2cc(NC(=O)c3cccc(OCc4ccccc4)c3)ccc2o1. The quantitative estimate of drug-likeness (QED) is 0.547. The van der Waals surface area contributed by atoms with Crippen LogP contribution in [0.4, 0.5) is 5.69 Å². The number of ether oxygens (including phenoxy) is 1. The van der Waals surface area contributed by atoms with Gasteiger partial charge in [0.05, 0.1) is 0 Å². The van der Waals surface area contributed by atoms with Gasteiger partial charge in [0.25, 0.3) is 5.91 Å². The summed E-state index contributed by atoms with van der Waals surface area (Å²) in [7, 11) is 0. The highest BCUT2D eigenvalue weighted by Gasteiger charge is 2.09. The predicted octanol–water partition coefficient (Wildman–Crippen LogP) is 4.97. The molecular weight excluding hydrogens is 340 g/mol. The van der Waals surface area contributed by atoms with Gasteiger partial charge in [0.1, 0.15) is 17.9 Å². The predicted molar refractivity (Wildman–Crippen MR) is 104 cm³/mol. The molecule has 4 aromatic rings. The van der Waals surface area contributed by atoms with Crippen LogP contribution in [0.25, 0.3) is 11.1 Å². The summed E-state index contributed by atoms with van der Waals surface area (Å²) in [6.07, 6.45) is 0. The maximum absolute atomic E-state index is 12.6. The molecular formula is C22H18N2O3. The summed E-state index contributed by atoms with van der Waals surface area (Å²) in [5.41, 5.74) is 3.67. The van der Waals surface area contributed by atoms with Gasteiger partial charge >= 0.3 is 0 Å². The fraction of sp³-hybridized carbons (Fsp3) is 0.0909. The van der Waals surface area contributed by atoms with Crippen molar-refractivity contribution in [1.82, 2.24) is 4.98 Å². The molecule has 0 bridgehead atoms. The molecule has 0 aliphatic heterocycles. The van der Waals surface area contributed by atoms with Crippen molar-refractivity contribution >= 4 is 22.7 Å². The van der Waals surface area contributed by atoms with E-state index in [2.05, 4.69) is 10.3 Å². The second-order valence-corrected chi connectivity index (χ2v) is 6.17. The molecule has 1 aromatic heterocycles. The molecule has 0 fully saturated rings. The zero-order valence-corrected chi connectivity index (χ0v) is 14.8. The molecule has 0 saturated heterocycles. The van der Waals surface area contributed by atoms with Gasteiger partial charge in [-0.3, -0.25) is 4.79 Å². The van der Waals surface area contributed by atoms with Gasteiger partial charge in [0, 0.05) is 18.2 Å². The number of benzene rings is 3. The fourth-order valence-corrected chi connectivity index (χ4v) is 2.79. The van der Waals surface area contributed by atoms with Gasteiger partial charge < -0.3 is 14.5 Å². The lowest BCUT2D eigenvalue weighted by Gasteiger charge is -2.09. The summed E-state index contributed by atoms with van der Waals surface area (Å²) in [6.45, 7) is 2.24. The molecule has 0 aliphatic carbocycles. The Hall–Kier alpha value is -3.60. The molecule has 1 heterocycles. The van der Waals surface area contributed by atoms with E-state index in [0.29, 0.717) is 40.6 Å². The van der Waals surface area contributed by atoms with Crippen molar-refractivity contribution in [2.24, 2.45) is 0 Å². The van der Waals surface area contributed by atoms with Gasteiger partial charge in [-0.1, -0.05) is 36.4 Å². The van der Waals surface area contributed by atoms with E-state index in [9.17, 15) is 4.79 Å². The number of rotatable bonds is 5. The van der Waals surface area contributed by atoms with Crippen LogP contribution in [0, 0.1) is 6.92 Å². The van der Waals surface area contributed by atoms with Crippen molar-refractivity contribution in [2.75, 3.05) is 5.32 Å². The molecule has 1 N–H and O–H groups in total. The van der Waals surface area contributed by atoms with E-state index in [1.165, 1.54) is 0 Å². The number of aromatic nitrogens is 1. The number of oxazole rings is 1. The fourth-order valence-electron chi connectivity index (χ4n) is 2.79. The smallest absolute Gasteiger partial charge is 0.255 e. The first-order valence-electron chi connectivity index (χ1n) is 8.63. The summed E-state index contributed by atoms with van der Waals surface area (Å²) in [4.78, 5) is 16.9. The van der Waals surface area contributed by atoms with Crippen LogP contribution < -0.4 is 10.1 Å². The highest BCUT2D eigenvalue weighted by molar-refractivity contribution is 6.05. The Morgan fingerprint density at radius 2 is 1.89 bits per heavy atom. The van der Waals surface area contributed by atoms with E-state index < -0.39 is 0 Å². The molecule has 27 heavy (non-hydrogen) atoms. The number of amides is 1. The lowest BCUT2D eigenvalue weighted by Crippen LogP contribution is -2.12. The zero-order chi connectivity index (χ0) is 18.6. The molecule has 0 unspecified atom stereocenters. The van der Waals surface area contributed by atoms with E-state index in [-0.39, 0.29) is 5.91 Å². The van der Waals surface area contributed by atoms with Gasteiger partial charge in [-0.25, -0.2) is 4.98 Å². The lowest BCUT2D eigenvalue weighted by atomic mass is 10.2. The molecule has 0 radical (unpaired) electrons. The van der Waals surface area contributed by atoms with Crippen LogP contribution >= 0.6 is 0 Å². The molecule has 134 valence electrons. The third kappa shape index (κ3) is 3.98. The molecule has 0 atom stereocenters. The van der Waals surface area contributed by atoms with Crippen molar-refractivity contribution < 1.29 is 13.9 Å². The van der Waals surface area contributed by atoms with Crippen LogP contribution in [-0.4, -0.2) is 10.9 Å². The number of carbonyl (C=O) groups excluding carboxylic acids is 1. The third-order valence-electron chi connectivity index (χ3n) is 4.10. The summed E-state index contributed by atoms with van der Waals surface area (Å²) in [6, 6.07) is 22.4. The third-order valence-corrected chi connectivity index (χ3v) is 4.10. The van der Waals surface area contributed by atoms with Gasteiger partial charge in [-0.05, 0) is 42.0 Å². The molecule has 0 saturated carbocycles. The van der Waals surface area contributed by atoms with Crippen LogP contribution in [0.2, 0.25) is 0 Å². The minimum Gasteiger partial charge on any atom is -0.489 e. The number of nitrogens with one attached hydrogen (secondary N) is 1. The van der Waals surface area contributed by atoms with E-state index in [1.807, 2.05) is 36.4 Å². The highest BCUT2D eigenvalue weighted by atomic mass is 16.5. The summed E-state index contributed by atoms with van der Waals surface area (Å²) in [5, 5.41) is 2.88. The van der Waals surface area contributed by atoms with Gasteiger partial charge in [-0.2, -0.15) is 0 Å². The van der Waals surface area contributed by atoms with Crippen LogP contribution in [0.1, 0.15) is 21.8 Å². The normalized spacial score (nSPS) is 10.7. The second-order valence-electron chi connectivity index (χ2n) is 6.17. The number of aryl methyl sites for hydroxylation is 1. The molecule has 0 spiro atoms. The Morgan fingerprint density at radius 3 is 2.74 bits per heavy atom. The van der Waals surface area contributed by atoms with Crippen LogP contribution in [0.15, 0.2) is 77.2 Å². The van der Waals surface area contributed by atoms with Crippen LogP contribution in [0.5, 0.6) is 5.75 Å². The summed E-state index contributed by atoms with van der Waals surface area (Å²) >= 11 is 0. The van der Waals surface area contributed by atoms with Crippen molar-refractivity contribution in [3.8, 4) is 5.75 Å². The first kappa shape index (κ1) is 16.8. The number of nitrogens with zero attached hydrogens (tertiary/aromatic N) is 1. The first-order valence-corrected chi connectivity index (χ1v) is 8.63. The minimum atomic E-state index is -0.209. The number of hydrogen-bond donors (Lipinski definition) is 1. The zero-order valence-electron chi connectivity index (χ0n) is 14.8. The van der Waals surface area contributed by atoms with E-state index in [1.54, 1.807) is 43.3 Å². The van der Waals surface area contributed by atoms with Crippen LogP contribution in [0.3, 0.4) is 0 Å². The Morgan fingerprint density at radius 1 is 1.04 bits per heavy atom. The Labute approximate surface area is 156 Å². The Kier molecular flexibility index (Phi) is 4.58.